The van der Waals surface area contributed by atoms with Crippen molar-refractivity contribution >= 4 is 5.91 Å². The van der Waals surface area contributed by atoms with Gasteiger partial charge >= 0.3 is 0 Å². The summed E-state index contributed by atoms with van der Waals surface area (Å²) in [6, 6.07) is 1.78. The maximum absolute atomic E-state index is 11.1. The van der Waals surface area contributed by atoms with Gasteiger partial charge < -0.3 is 10.3 Å². The number of imidazole rings is 1. The van der Waals surface area contributed by atoms with E-state index in [9.17, 15) is 4.79 Å². The zero-order valence-electron chi connectivity index (χ0n) is 9.47. The highest BCUT2D eigenvalue weighted by Crippen LogP contribution is 2.11. The molecule has 2 heterocycles. The molecule has 17 heavy (non-hydrogen) atoms. The summed E-state index contributed by atoms with van der Waals surface area (Å²) < 4.78 is 0. The van der Waals surface area contributed by atoms with Crippen molar-refractivity contribution in [2.24, 2.45) is 0 Å². The summed E-state index contributed by atoms with van der Waals surface area (Å²) in [5.41, 5.74) is 1.66. The molecular formula is C11H13N5O. The quantitative estimate of drug-likeness (QED) is 0.804. The Hall–Kier alpha value is -2.24. The number of aromatic amines is 1. The monoisotopic (exact) mass is 231 g/mol. The van der Waals surface area contributed by atoms with E-state index in [0.29, 0.717) is 18.7 Å². The second kappa shape index (κ2) is 5.20. The van der Waals surface area contributed by atoms with E-state index in [1.807, 2.05) is 0 Å². The molecule has 0 bridgehead atoms. The molecule has 2 aromatic heterocycles. The molecule has 0 fully saturated rings. The van der Waals surface area contributed by atoms with Gasteiger partial charge in [-0.2, -0.15) is 0 Å². The van der Waals surface area contributed by atoms with Crippen LogP contribution in [0.4, 0.5) is 0 Å². The van der Waals surface area contributed by atoms with Gasteiger partial charge in [0.05, 0.1) is 0 Å². The van der Waals surface area contributed by atoms with Crippen molar-refractivity contribution in [3.8, 4) is 11.5 Å². The SMILES string of the molecule is CNC(=O)CCc1cnc(-c2ccncn2)[nH]1. The Kier molecular flexibility index (Phi) is 3.44. The molecule has 0 radical (unpaired) electrons. The number of hydrogen-bond donors (Lipinski definition) is 2. The minimum Gasteiger partial charge on any atom is -0.359 e. The molecule has 0 aliphatic rings. The average Bonchev–Trinajstić information content (AvgIpc) is 2.86. The van der Waals surface area contributed by atoms with Crippen LogP contribution in [-0.2, 0) is 11.2 Å². The molecule has 2 N–H and O–H groups in total. The van der Waals surface area contributed by atoms with Gasteiger partial charge in [-0.05, 0) is 12.5 Å². The minimum absolute atomic E-state index is 0.0168. The van der Waals surface area contributed by atoms with Crippen molar-refractivity contribution in [3.63, 3.8) is 0 Å². The average molecular weight is 231 g/mol. The third-order valence-corrected chi connectivity index (χ3v) is 2.35. The van der Waals surface area contributed by atoms with Crippen LogP contribution in [0.3, 0.4) is 0 Å². The maximum Gasteiger partial charge on any atom is 0.220 e. The Morgan fingerprint density at radius 1 is 1.47 bits per heavy atom. The van der Waals surface area contributed by atoms with Crippen molar-refractivity contribution in [2.75, 3.05) is 7.05 Å². The van der Waals surface area contributed by atoms with E-state index in [0.717, 1.165) is 11.4 Å². The summed E-state index contributed by atoms with van der Waals surface area (Å²) in [5, 5.41) is 2.58. The third-order valence-electron chi connectivity index (χ3n) is 2.35. The van der Waals surface area contributed by atoms with Crippen LogP contribution in [0.15, 0.2) is 24.8 Å². The highest BCUT2D eigenvalue weighted by molar-refractivity contribution is 5.75. The van der Waals surface area contributed by atoms with Gasteiger partial charge in [-0.25, -0.2) is 15.0 Å². The lowest BCUT2D eigenvalue weighted by molar-refractivity contribution is -0.120. The summed E-state index contributed by atoms with van der Waals surface area (Å²) >= 11 is 0. The number of amides is 1. The molecule has 0 atom stereocenters. The standard InChI is InChI=1S/C11H13N5O/c1-12-10(17)3-2-8-6-14-11(16-8)9-4-5-13-7-15-9/h4-7H,2-3H2,1H3,(H,12,17)(H,14,16). The molecule has 1 amide bonds. The molecule has 0 spiro atoms. The second-order valence-corrected chi connectivity index (χ2v) is 3.52. The zero-order valence-corrected chi connectivity index (χ0v) is 9.47. The van der Waals surface area contributed by atoms with E-state index in [4.69, 9.17) is 0 Å². The molecule has 6 nitrogen and oxygen atoms in total. The van der Waals surface area contributed by atoms with Gasteiger partial charge in [0.2, 0.25) is 5.91 Å². The maximum atomic E-state index is 11.1. The molecule has 88 valence electrons. The number of H-pyrrole nitrogens is 1. The van der Waals surface area contributed by atoms with Crippen molar-refractivity contribution in [1.29, 1.82) is 0 Å². The lowest BCUT2D eigenvalue weighted by Gasteiger charge is -1.97. The summed E-state index contributed by atoms with van der Waals surface area (Å²) in [7, 11) is 1.63. The van der Waals surface area contributed by atoms with E-state index in [2.05, 4.69) is 25.3 Å². The topological polar surface area (TPSA) is 83.6 Å². The van der Waals surface area contributed by atoms with Crippen LogP contribution >= 0.6 is 0 Å². The number of carbonyl (C=O) groups is 1. The highest BCUT2D eigenvalue weighted by Gasteiger charge is 2.05. The molecule has 0 unspecified atom stereocenters. The molecule has 0 saturated heterocycles. The lowest BCUT2D eigenvalue weighted by atomic mass is 10.2. The van der Waals surface area contributed by atoms with Crippen molar-refractivity contribution in [3.05, 3.63) is 30.5 Å². The van der Waals surface area contributed by atoms with E-state index >= 15 is 0 Å². The van der Waals surface area contributed by atoms with Crippen LogP contribution < -0.4 is 5.32 Å². The van der Waals surface area contributed by atoms with Gasteiger partial charge in [-0.15, -0.1) is 0 Å². The van der Waals surface area contributed by atoms with Crippen LogP contribution in [0.25, 0.3) is 11.5 Å². The first-order valence-corrected chi connectivity index (χ1v) is 5.30. The fraction of sp³-hybridized carbons (Fsp3) is 0.273. The molecule has 0 aromatic carbocycles. The predicted octanol–water partition coefficient (Wildman–Crippen LogP) is 0.545. The fourth-order valence-corrected chi connectivity index (χ4v) is 1.42. The van der Waals surface area contributed by atoms with Crippen LogP contribution in [0.1, 0.15) is 12.1 Å². The Balaban J connectivity index is 2.04. The van der Waals surface area contributed by atoms with Gasteiger partial charge in [0.25, 0.3) is 0 Å². The normalized spacial score (nSPS) is 10.2. The largest absolute Gasteiger partial charge is 0.359 e. The van der Waals surface area contributed by atoms with Crippen LogP contribution in [0.2, 0.25) is 0 Å². The highest BCUT2D eigenvalue weighted by atomic mass is 16.1. The molecule has 2 rings (SSSR count). The first-order valence-electron chi connectivity index (χ1n) is 5.30. The first-order chi connectivity index (χ1) is 8.29. The number of rotatable bonds is 4. The summed E-state index contributed by atoms with van der Waals surface area (Å²) in [5.74, 6) is 0.711. The number of aromatic nitrogens is 4. The van der Waals surface area contributed by atoms with E-state index in [1.54, 1.807) is 25.5 Å². The van der Waals surface area contributed by atoms with E-state index in [1.165, 1.54) is 6.33 Å². The molecule has 0 saturated carbocycles. The van der Waals surface area contributed by atoms with Gasteiger partial charge in [0.1, 0.15) is 12.0 Å². The molecule has 0 aliphatic heterocycles. The Morgan fingerprint density at radius 2 is 2.35 bits per heavy atom. The fourth-order valence-electron chi connectivity index (χ4n) is 1.42. The zero-order chi connectivity index (χ0) is 12.1. The van der Waals surface area contributed by atoms with Crippen LogP contribution in [0.5, 0.6) is 0 Å². The summed E-state index contributed by atoms with van der Waals surface area (Å²) in [6.07, 6.45) is 5.94. The summed E-state index contributed by atoms with van der Waals surface area (Å²) in [6.45, 7) is 0. The lowest BCUT2D eigenvalue weighted by Crippen LogP contribution is -2.17. The van der Waals surface area contributed by atoms with E-state index in [-0.39, 0.29) is 5.91 Å². The Labute approximate surface area is 98.5 Å². The molecule has 6 heteroatoms. The number of hydrogen-bond acceptors (Lipinski definition) is 4. The van der Waals surface area contributed by atoms with Gasteiger partial charge in [-0.1, -0.05) is 0 Å². The van der Waals surface area contributed by atoms with E-state index < -0.39 is 0 Å². The Bertz CT molecular complexity index is 494. The van der Waals surface area contributed by atoms with Crippen LogP contribution in [0, 0.1) is 0 Å². The third kappa shape index (κ3) is 2.87. The summed E-state index contributed by atoms with van der Waals surface area (Å²) in [4.78, 5) is 26.4. The number of nitrogens with zero attached hydrogens (tertiary/aromatic N) is 3. The molecule has 0 aliphatic carbocycles. The van der Waals surface area contributed by atoms with Gasteiger partial charge in [-0.3, -0.25) is 4.79 Å². The Morgan fingerprint density at radius 3 is 3.06 bits per heavy atom. The predicted molar refractivity (Wildman–Crippen MR) is 62.0 cm³/mol. The second-order valence-electron chi connectivity index (χ2n) is 3.52. The number of aryl methyl sites for hydroxylation is 1. The number of nitrogens with one attached hydrogen (secondary N) is 2. The van der Waals surface area contributed by atoms with Crippen LogP contribution in [-0.4, -0.2) is 32.9 Å². The number of carbonyl (C=O) groups excluding carboxylic acids is 1. The van der Waals surface area contributed by atoms with Crippen molar-refractivity contribution < 1.29 is 4.79 Å². The smallest absolute Gasteiger partial charge is 0.220 e. The first kappa shape index (κ1) is 11.3. The minimum atomic E-state index is 0.0168. The molecular weight excluding hydrogens is 218 g/mol. The molecule has 2 aromatic rings. The van der Waals surface area contributed by atoms with Crippen molar-refractivity contribution in [1.82, 2.24) is 25.3 Å². The van der Waals surface area contributed by atoms with Gasteiger partial charge in [0, 0.05) is 31.6 Å². The van der Waals surface area contributed by atoms with Gasteiger partial charge in [0.15, 0.2) is 5.82 Å². The van der Waals surface area contributed by atoms with Crippen molar-refractivity contribution in [2.45, 2.75) is 12.8 Å².